The molecule has 0 aromatic heterocycles. The van der Waals surface area contributed by atoms with Crippen LogP contribution in [0, 0.1) is 19.5 Å². The summed E-state index contributed by atoms with van der Waals surface area (Å²) >= 11 is 21.7. The van der Waals surface area contributed by atoms with Crippen LogP contribution >= 0.6 is 80.6 Å². The summed E-state index contributed by atoms with van der Waals surface area (Å²) in [7, 11) is 0. The van der Waals surface area contributed by atoms with Crippen LogP contribution in [0.5, 0.6) is 5.75 Å². The van der Waals surface area contributed by atoms with Gasteiger partial charge < -0.3 is 4.74 Å². The fourth-order valence-electron chi connectivity index (χ4n) is 2.62. The summed E-state index contributed by atoms with van der Waals surface area (Å²) < 4.78 is 7.12. The van der Waals surface area contributed by atoms with Crippen molar-refractivity contribution >= 4 is 109 Å². The lowest BCUT2D eigenvalue weighted by atomic mass is 10.1. The Labute approximate surface area is 215 Å². The molecule has 0 radical (unpaired) electrons. The molecule has 30 heavy (non-hydrogen) atoms. The Morgan fingerprint density at radius 2 is 1.90 bits per heavy atom. The molecule has 0 aliphatic carbocycles. The van der Waals surface area contributed by atoms with Crippen LogP contribution in [0.15, 0.2) is 35.9 Å². The molecule has 0 unspecified atom stereocenters. The summed E-state index contributed by atoms with van der Waals surface area (Å²) in [5.41, 5.74) is 0.830. The highest BCUT2D eigenvalue weighted by Gasteiger charge is 2.35. The Bertz CT molecular complexity index is 1140. The van der Waals surface area contributed by atoms with Crippen LogP contribution in [0.2, 0.25) is 10.0 Å². The number of thiocarbonyl (C=S) groups is 1. The number of benzene rings is 2. The fraction of sp³-hybridized carbons (Fsp3) is 0.0500. The second kappa shape index (κ2) is 9.82. The minimum Gasteiger partial charge on any atom is -0.479 e. The molecule has 1 saturated heterocycles. The van der Waals surface area contributed by atoms with Gasteiger partial charge in [0, 0.05) is 0 Å². The maximum Gasteiger partial charge on any atom is 0.270 e. The van der Waals surface area contributed by atoms with E-state index in [2.05, 4.69) is 56.4 Å². The van der Waals surface area contributed by atoms with Crippen LogP contribution in [0.1, 0.15) is 5.56 Å². The first-order valence-electron chi connectivity index (χ1n) is 8.15. The molecule has 1 fully saturated rings. The normalized spacial score (nSPS) is 15.2. The predicted molar refractivity (Wildman–Crippen MR) is 139 cm³/mol. The highest BCUT2D eigenvalue weighted by molar-refractivity contribution is 14.1. The van der Waals surface area contributed by atoms with Gasteiger partial charge in [-0.15, -0.1) is 6.42 Å². The van der Waals surface area contributed by atoms with Gasteiger partial charge in [-0.25, -0.2) is 0 Å². The minimum atomic E-state index is -0.606. The number of anilines is 1. The Morgan fingerprint density at radius 3 is 2.53 bits per heavy atom. The van der Waals surface area contributed by atoms with E-state index in [0.29, 0.717) is 11.3 Å². The lowest BCUT2D eigenvalue weighted by Gasteiger charge is -2.29. The molecule has 152 valence electrons. The summed E-state index contributed by atoms with van der Waals surface area (Å²) in [6.45, 7) is 0.139. The van der Waals surface area contributed by atoms with Crippen molar-refractivity contribution < 1.29 is 14.3 Å². The maximum atomic E-state index is 13.1. The van der Waals surface area contributed by atoms with Crippen molar-refractivity contribution in [1.82, 2.24) is 5.32 Å². The molecule has 2 aromatic rings. The molecule has 1 aliphatic rings. The van der Waals surface area contributed by atoms with Gasteiger partial charge in [-0.1, -0.05) is 35.2 Å². The molecule has 0 saturated carbocycles. The van der Waals surface area contributed by atoms with Crippen LogP contribution in [0.25, 0.3) is 6.08 Å². The first kappa shape index (κ1) is 23.3. The number of hydrogen-bond acceptors (Lipinski definition) is 4. The Morgan fingerprint density at radius 1 is 1.23 bits per heavy atom. The summed E-state index contributed by atoms with van der Waals surface area (Å²) in [5, 5.41) is 2.87. The van der Waals surface area contributed by atoms with Gasteiger partial charge in [0.05, 0.1) is 22.9 Å². The Hall–Kier alpha value is -1.39. The van der Waals surface area contributed by atoms with Crippen LogP contribution in [-0.2, 0) is 9.59 Å². The number of amides is 2. The average Bonchev–Trinajstić information content (AvgIpc) is 2.67. The molecule has 2 amide bonds. The zero-order chi connectivity index (χ0) is 22.0. The lowest BCUT2D eigenvalue weighted by molar-refractivity contribution is -0.122. The lowest BCUT2D eigenvalue weighted by Crippen LogP contribution is -2.54. The Kier molecular flexibility index (Phi) is 7.62. The van der Waals surface area contributed by atoms with Crippen molar-refractivity contribution in [2.75, 3.05) is 11.5 Å². The molecule has 5 nitrogen and oxygen atoms in total. The van der Waals surface area contributed by atoms with Crippen LogP contribution < -0.4 is 15.0 Å². The van der Waals surface area contributed by atoms with Gasteiger partial charge in [-0.05, 0) is 93.3 Å². The number of nitrogens with zero attached hydrogens (tertiary/aromatic N) is 1. The van der Waals surface area contributed by atoms with Gasteiger partial charge in [0.15, 0.2) is 5.11 Å². The first-order chi connectivity index (χ1) is 14.2. The van der Waals surface area contributed by atoms with Gasteiger partial charge in [-0.2, -0.15) is 0 Å². The summed E-state index contributed by atoms with van der Waals surface area (Å²) in [6.07, 6.45) is 6.73. The van der Waals surface area contributed by atoms with E-state index >= 15 is 0 Å². The average molecular weight is 683 g/mol. The van der Waals surface area contributed by atoms with Gasteiger partial charge in [0.1, 0.15) is 17.9 Å². The monoisotopic (exact) mass is 682 g/mol. The molecule has 10 heteroatoms. The number of rotatable bonds is 4. The third kappa shape index (κ3) is 4.75. The van der Waals surface area contributed by atoms with Crippen molar-refractivity contribution in [2.24, 2.45) is 0 Å². The molecule has 1 heterocycles. The van der Waals surface area contributed by atoms with E-state index in [9.17, 15) is 9.59 Å². The zero-order valence-corrected chi connectivity index (χ0v) is 21.5. The van der Waals surface area contributed by atoms with E-state index < -0.39 is 11.8 Å². The topological polar surface area (TPSA) is 58.6 Å². The number of carbonyl (C=O) groups excluding carboxylic acids is 2. The molecule has 1 N–H and O–H groups in total. The predicted octanol–water partition coefficient (Wildman–Crippen LogP) is 5.05. The quantitative estimate of drug-likeness (QED) is 0.161. The Balaban J connectivity index is 2.03. The SMILES string of the molecule is C#CCOc1c(I)cc(/C=C2\C(=O)NC(=S)N(c3cccc(Cl)c3Cl)C2=O)cc1I. The highest BCUT2D eigenvalue weighted by atomic mass is 127. The number of nitrogens with one attached hydrogen (secondary N) is 1. The van der Waals surface area contributed by atoms with Gasteiger partial charge in [0.25, 0.3) is 11.8 Å². The van der Waals surface area contributed by atoms with Crippen LogP contribution in [0.4, 0.5) is 5.69 Å². The molecule has 1 aliphatic heterocycles. The molecular formula is C20H10Cl2I2N2O3S. The number of halogens is 4. The largest absolute Gasteiger partial charge is 0.479 e. The number of hydrogen-bond donors (Lipinski definition) is 1. The highest BCUT2D eigenvalue weighted by Crippen LogP contribution is 2.35. The minimum absolute atomic E-state index is 0.0755. The number of terminal acetylenes is 1. The summed E-state index contributed by atoms with van der Waals surface area (Å²) in [4.78, 5) is 26.8. The summed E-state index contributed by atoms with van der Waals surface area (Å²) in [6, 6.07) is 8.39. The first-order valence-corrected chi connectivity index (χ1v) is 11.5. The van der Waals surface area contributed by atoms with E-state index in [1.807, 2.05) is 0 Å². The third-order valence-electron chi connectivity index (χ3n) is 3.91. The second-order valence-electron chi connectivity index (χ2n) is 5.84. The van der Waals surface area contributed by atoms with Gasteiger partial charge in [0.2, 0.25) is 0 Å². The van der Waals surface area contributed by atoms with E-state index in [4.69, 9.17) is 46.6 Å². The van der Waals surface area contributed by atoms with Crippen molar-refractivity contribution in [2.45, 2.75) is 0 Å². The molecule has 3 rings (SSSR count). The summed E-state index contributed by atoms with van der Waals surface area (Å²) in [5.74, 6) is 1.86. The van der Waals surface area contributed by atoms with Crippen molar-refractivity contribution in [3.05, 3.63) is 58.7 Å². The van der Waals surface area contributed by atoms with Crippen molar-refractivity contribution in [1.29, 1.82) is 0 Å². The van der Waals surface area contributed by atoms with Crippen LogP contribution in [0.3, 0.4) is 0 Å². The zero-order valence-electron chi connectivity index (χ0n) is 14.8. The van der Waals surface area contributed by atoms with E-state index in [1.54, 1.807) is 30.3 Å². The van der Waals surface area contributed by atoms with Gasteiger partial charge >= 0.3 is 0 Å². The molecular weight excluding hydrogens is 673 g/mol. The van der Waals surface area contributed by atoms with E-state index in [0.717, 1.165) is 12.0 Å². The van der Waals surface area contributed by atoms with E-state index in [-0.39, 0.29) is 33.0 Å². The van der Waals surface area contributed by atoms with Gasteiger partial charge in [-0.3, -0.25) is 19.8 Å². The molecule has 2 aromatic carbocycles. The fourth-order valence-corrected chi connectivity index (χ4v) is 5.40. The van der Waals surface area contributed by atoms with E-state index in [1.165, 1.54) is 6.08 Å². The van der Waals surface area contributed by atoms with Crippen molar-refractivity contribution in [3.8, 4) is 18.1 Å². The molecule has 0 atom stereocenters. The second-order valence-corrected chi connectivity index (χ2v) is 9.33. The molecule has 0 bridgehead atoms. The van der Waals surface area contributed by atoms with Crippen molar-refractivity contribution in [3.63, 3.8) is 0 Å². The third-order valence-corrected chi connectivity index (χ3v) is 6.60. The number of carbonyl (C=O) groups is 2. The maximum absolute atomic E-state index is 13.1. The standard InChI is InChI=1S/C20H10Cl2I2N2O3S/c1-2-6-29-17-13(23)8-10(9-14(17)24)7-11-18(27)25-20(30)26(19(11)28)15-5-3-4-12(21)16(15)22/h1,3-5,7-9H,6H2,(H,25,27,30)/b11-7+. The number of ether oxygens (including phenoxy) is 1. The smallest absolute Gasteiger partial charge is 0.270 e. The van der Waals surface area contributed by atoms with Crippen LogP contribution in [-0.4, -0.2) is 23.5 Å². The molecule has 0 spiro atoms.